The highest BCUT2D eigenvalue weighted by Gasteiger charge is 2.08. The van der Waals surface area contributed by atoms with Gasteiger partial charge in [-0.25, -0.2) is 9.78 Å². The zero-order valence-electron chi connectivity index (χ0n) is 11.2. The molecule has 2 aromatic rings. The maximum Gasteiger partial charge on any atom is 0.319 e. The van der Waals surface area contributed by atoms with Crippen molar-refractivity contribution in [1.29, 1.82) is 0 Å². The molecule has 5 nitrogen and oxygen atoms in total. The summed E-state index contributed by atoms with van der Waals surface area (Å²) >= 11 is 6.75. The number of aromatic nitrogens is 1. The van der Waals surface area contributed by atoms with Crippen LogP contribution in [-0.2, 0) is 6.54 Å². The van der Waals surface area contributed by atoms with Crippen LogP contribution in [0.5, 0.6) is 5.88 Å². The summed E-state index contributed by atoms with van der Waals surface area (Å²) in [5.41, 5.74) is 1.50. The van der Waals surface area contributed by atoms with Gasteiger partial charge in [-0.15, -0.1) is 0 Å². The molecule has 0 radical (unpaired) electrons. The van der Waals surface area contributed by atoms with Gasteiger partial charge >= 0.3 is 6.03 Å². The smallest absolute Gasteiger partial charge is 0.319 e. The Bertz CT molecular complexity index is 650. The molecule has 7 heteroatoms. The lowest BCUT2D eigenvalue weighted by atomic mass is 10.2. The summed E-state index contributed by atoms with van der Waals surface area (Å²) in [5, 5.41) is 5.53. The van der Waals surface area contributed by atoms with Gasteiger partial charge in [0.15, 0.2) is 0 Å². The van der Waals surface area contributed by atoms with Crippen molar-refractivity contribution in [1.82, 2.24) is 10.3 Å². The molecule has 0 saturated heterocycles. The van der Waals surface area contributed by atoms with Crippen LogP contribution in [0.3, 0.4) is 0 Å². The number of hydrogen-bond donors (Lipinski definition) is 2. The van der Waals surface area contributed by atoms with Gasteiger partial charge in [0.05, 0.1) is 12.8 Å². The highest BCUT2D eigenvalue weighted by molar-refractivity contribution is 9.11. The van der Waals surface area contributed by atoms with Gasteiger partial charge in [0.1, 0.15) is 0 Å². The number of ether oxygens (including phenoxy) is 1. The molecular formula is C14H13Br2N3O2. The number of rotatable bonds is 4. The molecule has 0 unspecified atom stereocenters. The van der Waals surface area contributed by atoms with E-state index in [1.165, 1.54) is 0 Å². The van der Waals surface area contributed by atoms with Crippen molar-refractivity contribution in [2.24, 2.45) is 0 Å². The molecule has 0 bridgehead atoms. The second-order valence-electron chi connectivity index (χ2n) is 4.10. The van der Waals surface area contributed by atoms with Crippen LogP contribution in [-0.4, -0.2) is 18.1 Å². The highest BCUT2D eigenvalue weighted by Crippen LogP contribution is 2.26. The second kappa shape index (κ2) is 7.42. The number of hydrogen-bond acceptors (Lipinski definition) is 3. The predicted molar refractivity (Wildman–Crippen MR) is 88.5 cm³/mol. The van der Waals surface area contributed by atoms with Crippen LogP contribution in [0.15, 0.2) is 45.5 Å². The zero-order valence-corrected chi connectivity index (χ0v) is 14.4. The zero-order chi connectivity index (χ0) is 15.2. The molecule has 0 fully saturated rings. The summed E-state index contributed by atoms with van der Waals surface area (Å²) in [5.74, 6) is 0.502. The lowest BCUT2D eigenvalue weighted by molar-refractivity contribution is 0.251. The van der Waals surface area contributed by atoms with E-state index in [4.69, 9.17) is 4.74 Å². The molecular weight excluding hydrogens is 402 g/mol. The number of nitrogens with zero attached hydrogens (tertiary/aromatic N) is 1. The van der Waals surface area contributed by atoms with Crippen molar-refractivity contribution in [3.63, 3.8) is 0 Å². The van der Waals surface area contributed by atoms with Crippen molar-refractivity contribution in [3.05, 3.63) is 51.0 Å². The van der Waals surface area contributed by atoms with E-state index in [2.05, 4.69) is 47.5 Å². The Kier molecular flexibility index (Phi) is 5.58. The number of pyridine rings is 1. The number of urea groups is 1. The van der Waals surface area contributed by atoms with Crippen LogP contribution in [0.25, 0.3) is 0 Å². The summed E-state index contributed by atoms with van der Waals surface area (Å²) in [4.78, 5) is 16.0. The molecule has 1 aromatic heterocycles. The van der Waals surface area contributed by atoms with E-state index >= 15 is 0 Å². The number of carbonyl (C=O) groups excluding carboxylic acids is 1. The third-order valence-electron chi connectivity index (χ3n) is 2.66. The molecule has 0 spiro atoms. The largest absolute Gasteiger partial charge is 0.481 e. The summed E-state index contributed by atoms with van der Waals surface area (Å²) in [6, 6.07) is 8.86. The van der Waals surface area contributed by atoms with Gasteiger partial charge in [-0.05, 0) is 40.2 Å². The summed E-state index contributed by atoms with van der Waals surface area (Å²) < 4.78 is 6.86. The number of nitrogens with one attached hydrogen (secondary N) is 2. The second-order valence-corrected chi connectivity index (χ2v) is 5.87. The van der Waals surface area contributed by atoms with E-state index in [1.54, 1.807) is 25.4 Å². The predicted octanol–water partition coefficient (Wildman–Crippen LogP) is 3.94. The topological polar surface area (TPSA) is 63.2 Å². The van der Waals surface area contributed by atoms with Gasteiger partial charge in [-0.2, -0.15) is 0 Å². The lowest BCUT2D eigenvalue weighted by Gasteiger charge is -2.11. The molecule has 1 aromatic carbocycles. The molecule has 1 heterocycles. The normalized spacial score (nSPS) is 10.0. The quantitative estimate of drug-likeness (QED) is 0.796. The van der Waals surface area contributed by atoms with Crippen LogP contribution in [0, 0.1) is 0 Å². The summed E-state index contributed by atoms with van der Waals surface area (Å²) in [6.07, 6.45) is 1.64. The van der Waals surface area contributed by atoms with Crippen LogP contribution in [0.4, 0.5) is 10.5 Å². The molecule has 2 rings (SSSR count). The molecule has 110 valence electrons. The Morgan fingerprint density at radius 2 is 2.14 bits per heavy atom. The van der Waals surface area contributed by atoms with Crippen LogP contribution in [0.1, 0.15) is 5.56 Å². The van der Waals surface area contributed by atoms with Crippen molar-refractivity contribution >= 4 is 43.6 Å². The Balaban J connectivity index is 1.96. The first-order valence-electron chi connectivity index (χ1n) is 6.08. The van der Waals surface area contributed by atoms with E-state index in [0.717, 1.165) is 14.5 Å². The molecule has 2 N–H and O–H groups in total. The fraction of sp³-hybridized carbons (Fsp3) is 0.143. The van der Waals surface area contributed by atoms with Crippen molar-refractivity contribution in [2.75, 3.05) is 12.4 Å². The number of halogens is 2. The Morgan fingerprint density at radius 3 is 2.86 bits per heavy atom. The van der Waals surface area contributed by atoms with Crippen molar-refractivity contribution in [3.8, 4) is 5.88 Å². The van der Waals surface area contributed by atoms with Gasteiger partial charge < -0.3 is 15.4 Å². The summed E-state index contributed by atoms with van der Waals surface area (Å²) in [7, 11) is 1.55. The Hall–Kier alpha value is -1.60. The van der Waals surface area contributed by atoms with Crippen molar-refractivity contribution < 1.29 is 9.53 Å². The molecule has 0 aliphatic heterocycles. The van der Waals surface area contributed by atoms with Gasteiger partial charge in [-0.3, -0.25) is 0 Å². The number of anilines is 1. The average molecular weight is 415 g/mol. The Morgan fingerprint density at radius 1 is 1.33 bits per heavy atom. The minimum Gasteiger partial charge on any atom is -0.481 e. The minimum atomic E-state index is -0.302. The van der Waals surface area contributed by atoms with Gasteiger partial charge in [0.25, 0.3) is 0 Å². The maximum atomic E-state index is 11.9. The number of methoxy groups -OCH3 is 1. The van der Waals surface area contributed by atoms with E-state index in [9.17, 15) is 4.79 Å². The van der Waals surface area contributed by atoms with Gasteiger partial charge in [0, 0.05) is 27.3 Å². The van der Waals surface area contributed by atoms with Crippen molar-refractivity contribution in [2.45, 2.75) is 6.54 Å². The SMILES string of the molecule is COc1ncccc1CNC(=O)Nc1ccc(Br)cc1Br. The first-order valence-corrected chi connectivity index (χ1v) is 7.66. The fourth-order valence-electron chi connectivity index (χ4n) is 1.68. The van der Waals surface area contributed by atoms with Crippen LogP contribution >= 0.6 is 31.9 Å². The first kappa shape index (κ1) is 15.8. The first-order chi connectivity index (χ1) is 10.1. The minimum absolute atomic E-state index is 0.302. The molecule has 0 atom stereocenters. The lowest BCUT2D eigenvalue weighted by Crippen LogP contribution is -2.28. The summed E-state index contributed by atoms with van der Waals surface area (Å²) in [6.45, 7) is 0.330. The van der Waals surface area contributed by atoms with Gasteiger partial charge in [0.2, 0.25) is 5.88 Å². The number of carbonyl (C=O) groups is 1. The number of benzene rings is 1. The molecule has 0 saturated carbocycles. The van der Waals surface area contributed by atoms with Crippen LogP contribution < -0.4 is 15.4 Å². The monoisotopic (exact) mass is 413 g/mol. The molecule has 2 amide bonds. The Labute approximate surface area is 139 Å². The highest BCUT2D eigenvalue weighted by atomic mass is 79.9. The third-order valence-corrected chi connectivity index (χ3v) is 3.81. The number of amides is 2. The maximum absolute atomic E-state index is 11.9. The van der Waals surface area contributed by atoms with E-state index in [0.29, 0.717) is 18.1 Å². The van der Waals surface area contributed by atoms with Crippen LogP contribution in [0.2, 0.25) is 0 Å². The standard InChI is InChI=1S/C14H13Br2N3O2/c1-21-13-9(3-2-6-17-13)8-18-14(20)19-12-5-4-10(15)7-11(12)16/h2-7H,8H2,1H3,(H2,18,19,20). The average Bonchev–Trinajstić information content (AvgIpc) is 2.48. The van der Waals surface area contributed by atoms with E-state index < -0.39 is 0 Å². The van der Waals surface area contributed by atoms with E-state index in [-0.39, 0.29) is 6.03 Å². The fourth-order valence-corrected chi connectivity index (χ4v) is 2.82. The molecule has 0 aliphatic carbocycles. The van der Waals surface area contributed by atoms with Gasteiger partial charge in [-0.1, -0.05) is 22.0 Å². The molecule has 21 heavy (non-hydrogen) atoms. The third kappa shape index (κ3) is 4.44. The van der Waals surface area contributed by atoms with E-state index in [1.807, 2.05) is 18.2 Å². The molecule has 0 aliphatic rings.